The quantitative estimate of drug-likeness (QED) is 0.367. The molecule has 11 heavy (non-hydrogen) atoms. The fourth-order valence-electron chi connectivity index (χ4n) is 0.491. The lowest BCUT2D eigenvalue weighted by Gasteiger charge is -2.00. The minimum atomic E-state index is -0.379. The maximum atomic E-state index is 10.9. The van der Waals surface area contributed by atoms with Gasteiger partial charge in [-0.05, 0) is 6.92 Å². The molecule has 0 N–H and O–H groups in total. The Bertz CT molecular complexity index is 184. The van der Waals surface area contributed by atoms with Crippen molar-refractivity contribution >= 4 is 17.6 Å². The van der Waals surface area contributed by atoms with Crippen LogP contribution in [0, 0.1) is 0 Å². The smallest absolute Gasteiger partial charge is 0.334 e. The summed E-state index contributed by atoms with van der Waals surface area (Å²) in [5.74, 6) is -0.379. The monoisotopic (exact) mass is 176 g/mol. The van der Waals surface area contributed by atoms with Gasteiger partial charge in [-0.1, -0.05) is 11.6 Å². The van der Waals surface area contributed by atoms with Crippen LogP contribution in [0.25, 0.3) is 0 Å². The summed E-state index contributed by atoms with van der Waals surface area (Å²) in [5.41, 5.74) is 1.61. The summed E-state index contributed by atoms with van der Waals surface area (Å²) >= 11 is 5.28. The van der Waals surface area contributed by atoms with Crippen molar-refractivity contribution < 1.29 is 14.3 Å². The molecule has 1 aliphatic heterocycles. The second-order valence-corrected chi connectivity index (χ2v) is 2.56. The van der Waals surface area contributed by atoms with Crippen molar-refractivity contribution in [3.63, 3.8) is 0 Å². The summed E-state index contributed by atoms with van der Waals surface area (Å²) < 4.78 is 9.64. The number of carbonyl (C=O) groups excluding carboxylic acids is 1. The Kier molecular flexibility index (Phi) is 2.91. The molecule has 4 heteroatoms. The van der Waals surface area contributed by atoms with Gasteiger partial charge in [-0.15, -0.1) is 0 Å². The summed E-state index contributed by atoms with van der Waals surface area (Å²) in [6.45, 7) is 2.63. The highest BCUT2D eigenvalue weighted by atomic mass is 35.5. The summed E-state index contributed by atoms with van der Waals surface area (Å²) in [7, 11) is 0. The number of ether oxygens (including phenoxy) is 2. The van der Waals surface area contributed by atoms with E-state index < -0.39 is 0 Å². The van der Waals surface area contributed by atoms with Crippen LogP contribution >= 0.6 is 11.6 Å². The molecule has 0 aliphatic carbocycles. The fourth-order valence-corrected chi connectivity index (χ4v) is 0.580. The molecule has 0 saturated carbocycles. The van der Waals surface area contributed by atoms with Crippen LogP contribution < -0.4 is 0 Å². The van der Waals surface area contributed by atoms with Crippen molar-refractivity contribution in [2.75, 3.05) is 13.2 Å². The van der Waals surface area contributed by atoms with Gasteiger partial charge in [-0.25, -0.2) is 4.79 Å². The van der Waals surface area contributed by atoms with Gasteiger partial charge in [0.25, 0.3) is 0 Å². The van der Waals surface area contributed by atoms with E-state index in [4.69, 9.17) is 21.1 Å². The highest BCUT2D eigenvalue weighted by Crippen LogP contribution is 2.09. The Morgan fingerprint density at radius 3 is 3.00 bits per heavy atom. The summed E-state index contributed by atoms with van der Waals surface area (Å²) in [5, 5.41) is 0. The largest absolute Gasteiger partial charge is 0.459 e. The third kappa shape index (κ3) is 2.91. The van der Waals surface area contributed by atoms with Gasteiger partial charge in [-0.2, -0.15) is 0 Å². The Morgan fingerprint density at radius 2 is 2.55 bits per heavy atom. The molecule has 0 spiro atoms. The van der Waals surface area contributed by atoms with Gasteiger partial charge in [0.15, 0.2) is 0 Å². The van der Waals surface area contributed by atoms with Gasteiger partial charge in [0.2, 0.25) is 0 Å². The second-order valence-electron chi connectivity index (χ2n) is 2.35. The molecule has 3 nitrogen and oxygen atoms in total. The summed E-state index contributed by atoms with van der Waals surface area (Å²) in [6.07, 6.45) is 0.113. The Morgan fingerprint density at radius 1 is 1.91 bits per heavy atom. The molecular weight excluding hydrogens is 168 g/mol. The molecule has 0 radical (unpaired) electrons. The van der Waals surface area contributed by atoms with Crippen molar-refractivity contribution in [2.24, 2.45) is 0 Å². The number of hydrogen-bond donors (Lipinski definition) is 0. The molecule has 1 atom stereocenters. The lowest BCUT2D eigenvalue weighted by atomic mass is 10.4. The van der Waals surface area contributed by atoms with Gasteiger partial charge < -0.3 is 9.47 Å². The van der Waals surface area contributed by atoms with Crippen molar-refractivity contribution in [3.05, 3.63) is 11.1 Å². The topological polar surface area (TPSA) is 38.8 Å². The standard InChI is InChI=1S/C7H9ClO3/c1-5(2-8)7(9)11-4-6-3-10-6/h2,6H,3-4H2,1H3. The first-order valence-corrected chi connectivity index (χ1v) is 3.73. The highest BCUT2D eigenvalue weighted by Gasteiger charge is 2.24. The molecule has 1 unspecified atom stereocenters. The maximum Gasteiger partial charge on any atom is 0.334 e. The molecule has 1 rings (SSSR count). The Hall–Kier alpha value is -0.540. The maximum absolute atomic E-state index is 10.9. The molecule has 1 fully saturated rings. The first-order chi connectivity index (χ1) is 5.24. The molecule has 62 valence electrons. The van der Waals surface area contributed by atoms with E-state index in [1.807, 2.05) is 0 Å². The van der Waals surface area contributed by atoms with Crippen LogP contribution in [0.15, 0.2) is 11.1 Å². The minimum absolute atomic E-state index is 0.113. The normalized spacial score (nSPS) is 23.1. The molecule has 1 aliphatic rings. The Balaban J connectivity index is 2.19. The first kappa shape index (κ1) is 8.56. The molecular formula is C7H9ClO3. The van der Waals surface area contributed by atoms with Crippen molar-refractivity contribution in [2.45, 2.75) is 13.0 Å². The van der Waals surface area contributed by atoms with Crippen LogP contribution in [0.4, 0.5) is 0 Å². The van der Waals surface area contributed by atoms with E-state index in [1.54, 1.807) is 6.92 Å². The summed E-state index contributed by atoms with van der Waals surface area (Å²) in [6, 6.07) is 0. The number of esters is 1. The predicted octanol–water partition coefficient (Wildman–Crippen LogP) is 1.07. The number of carbonyl (C=O) groups is 1. The van der Waals surface area contributed by atoms with Crippen LogP contribution in [0.3, 0.4) is 0 Å². The zero-order valence-corrected chi connectivity index (χ0v) is 6.93. The van der Waals surface area contributed by atoms with Crippen molar-refractivity contribution in [1.29, 1.82) is 0 Å². The van der Waals surface area contributed by atoms with Crippen molar-refractivity contribution in [1.82, 2.24) is 0 Å². The Labute approximate surface area is 69.9 Å². The number of halogens is 1. The van der Waals surface area contributed by atoms with E-state index in [-0.39, 0.29) is 12.1 Å². The molecule has 0 aromatic heterocycles. The van der Waals surface area contributed by atoms with E-state index in [9.17, 15) is 4.79 Å². The molecule has 0 aromatic rings. The SMILES string of the molecule is CC(=CCl)C(=O)OCC1CO1. The third-order valence-corrected chi connectivity index (χ3v) is 1.62. The van der Waals surface area contributed by atoms with Gasteiger partial charge in [0, 0.05) is 11.1 Å². The van der Waals surface area contributed by atoms with E-state index in [1.165, 1.54) is 5.54 Å². The van der Waals surface area contributed by atoms with Crippen LogP contribution in [0.5, 0.6) is 0 Å². The number of epoxide rings is 1. The molecule has 0 aromatic carbocycles. The number of rotatable bonds is 3. The van der Waals surface area contributed by atoms with E-state index in [0.29, 0.717) is 18.8 Å². The second kappa shape index (κ2) is 3.74. The lowest BCUT2D eigenvalue weighted by molar-refractivity contribution is -0.139. The zero-order chi connectivity index (χ0) is 8.27. The van der Waals surface area contributed by atoms with Gasteiger partial charge >= 0.3 is 5.97 Å². The van der Waals surface area contributed by atoms with Gasteiger partial charge in [0.05, 0.1) is 6.61 Å². The van der Waals surface area contributed by atoms with Crippen molar-refractivity contribution in [3.8, 4) is 0 Å². The number of hydrogen-bond acceptors (Lipinski definition) is 3. The third-order valence-electron chi connectivity index (χ3n) is 1.29. The zero-order valence-electron chi connectivity index (χ0n) is 6.17. The van der Waals surface area contributed by atoms with Crippen LogP contribution in [0.2, 0.25) is 0 Å². The molecule has 0 amide bonds. The van der Waals surface area contributed by atoms with E-state index in [0.717, 1.165) is 0 Å². The molecule has 1 saturated heterocycles. The molecule has 1 heterocycles. The van der Waals surface area contributed by atoms with Crippen LogP contribution in [0.1, 0.15) is 6.92 Å². The minimum Gasteiger partial charge on any atom is -0.459 e. The van der Waals surface area contributed by atoms with E-state index in [2.05, 4.69) is 0 Å². The summed E-state index contributed by atoms with van der Waals surface area (Å²) in [4.78, 5) is 10.9. The highest BCUT2D eigenvalue weighted by molar-refractivity contribution is 6.27. The fraction of sp³-hybridized carbons (Fsp3) is 0.571. The lowest BCUT2D eigenvalue weighted by Crippen LogP contribution is -2.10. The van der Waals surface area contributed by atoms with Gasteiger partial charge in [0.1, 0.15) is 12.7 Å². The average molecular weight is 177 g/mol. The predicted molar refractivity (Wildman–Crippen MR) is 40.3 cm³/mol. The van der Waals surface area contributed by atoms with Crippen LogP contribution in [-0.4, -0.2) is 25.3 Å². The first-order valence-electron chi connectivity index (χ1n) is 3.29. The van der Waals surface area contributed by atoms with E-state index >= 15 is 0 Å². The molecule has 0 bridgehead atoms. The average Bonchev–Trinajstić information content (AvgIpc) is 2.81. The van der Waals surface area contributed by atoms with Gasteiger partial charge in [-0.3, -0.25) is 0 Å². The van der Waals surface area contributed by atoms with Crippen LogP contribution in [-0.2, 0) is 14.3 Å².